The Morgan fingerprint density at radius 3 is 2.07 bits per heavy atom. The average molecular weight is 404 g/mol. The van der Waals surface area contributed by atoms with Crippen LogP contribution in [0.2, 0.25) is 0 Å². The monoisotopic (exact) mass is 403 g/mol. The molecule has 7 heteroatoms. The molecule has 1 saturated heterocycles. The first-order valence-corrected chi connectivity index (χ1v) is 10.3. The van der Waals surface area contributed by atoms with Crippen molar-refractivity contribution in [1.29, 1.82) is 0 Å². The van der Waals surface area contributed by atoms with E-state index in [0.717, 1.165) is 0 Å². The normalized spacial score (nSPS) is 15.9. The van der Waals surface area contributed by atoms with E-state index in [4.69, 9.17) is 4.74 Å². The van der Waals surface area contributed by atoms with Crippen molar-refractivity contribution in [3.8, 4) is 5.75 Å². The van der Waals surface area contributed by atoms with Crippen molar-refractivity contribution in [3.05, 3.63) is 29.8 Å². The highest BCUT2D eigenvalue weighted by atomic mass is 16.5. The van der Waals surface area contributed by atoms with Gasteiger partial charge in [0.1, 0.15) is 11.8 Å². The van der Waals surface area contributed by atoms with Crippen LogP contribution in [0.5, 0.6) is 5.75 Å². The first-order valence-electron chi connectivity index (χ1n) is 10.3. The first-order chi connectivity index (χ1) is 13.7. The van der Waals surface area contributed by atoms with E-state index in [1.165, 1.54) is 0 Å². The predicted molar refractivity (Wildman–Crippen MR) is 112 cm³/mol. The highest BCUT2D eigenvalue weighted by Gasteiger charge is 2.34. The van der Waals surface area contributed by atoms with Gasteiger partial charge >= 0.3 is 0 Å². The van der Waals surface area contributed by atoms with E-state index in [1.54, 1.807) is 31.4 Å². The summed E-state index contributed by atoms with van der Waals surface area (Å²) in [7, 11) is 1.57. The first kappa shape index (κ1) is 22.7. The summed E-state index contributed by atoms with van der Waals surface area (Å²) >= 11 is 0. The zero-order valence-corrected chi connectivity index (χ0v) is 18.0. The van der Waals surface area contributed by atoms with Gasteiger partial charge in [-0.1, -0.05) is 13.8 Å². The van der Waals surface area contributed by atoms with Gasteiger partial charge in [-0.2, -0.15) is 0 Å². The molecule has 1 unspecified atom stereocenters. The molecule has 1 aliphatic heterocycles. The highest BCUT2D eigenvalue weighted by Crippen LogP contribution is 2.23. The number of nitrogens with zero attached hydrogens (tertiary/aromatic N) is 1. The molecule has 1 heterocycles. The van der Waals surface area contributed by atoms with Crippen molar-refractivity contribution in [2.24, 2.45) is 11.8 Å². The maximum absolute atomic E-state index is 12.8. The fraction of sp³-hybridized carbons (Fsp3) is 0.591. The van der Waals surface area contributed by atoms with Crippen LogP contribution in [0.15, 0.2) is 24.3 Å². The van der Waals surface area contributed by atoms with Crippen LogP contribution in [0, 0.1) is 11.8 Å². The fourth-order valence-electron chi connectivity index (χ4n) is 3.56. The molecular weight excluding hydrogens is 370 g/mol. The van der Waals surface area contributed by atoms with Crippen LogP contribution >= 0.6 is 0 Å². The Morgan fingerprint density at radius 2 is 1.59 bits per heavy atom. The number of amides is 3. The molecule has 2 N–H and O–H groups in total. The van der Waals surface area contributed by atoms with Crippen molar-refractivity contribution >= 4 is 17.7 Å². The van der Waals surface area contributed by atoms with Gasteiger partial charge in [0, 0.05) is 30.6 Å². The lowest BCUT2D eigenvalue weighted by molar-refractivity contribution is -0.136. The average Bonchev–Trinajstić information content (AvgIpc) is 2.70. The summed E-state index contributed by atoms with van der Waals surface area (Å²) in [5.41, 5.74) is 0.473. The minimum Gasteiger partial charge on any atom is -0.497 e. The number of rotatable bonds is 7. The second kappa shape index (κ2) is 10.3. The van der Waals surface area contributed by atoms with E-state index in [-0.39, 0.29) is 35.6 Å². The molecule has 1 atom stereocenters. The third kappa shape index (κ3) is 6.21. The Labute approximate surface area is 173 Å². The number of carbonyl (C=O) groups excluding carboxylic acids is 3. The largest absolute Gasteiger partial charge is 0.497 e. The van der Waals surface area contributed by atoms with E-state index in [1.807, 2.05) is 32.6 Å². The molecule has 0 aliphatic carbocycles. The number of hydrogen-bond acceptors (Lipinski definition) is 4. The number of carbonyl (C=O) groups is 3. The minimum absolute atomic E-state index is 0.0211. The van der Waals surface area contributed by atoms with Crippen LogP contribution < -0.4 is 15.4 Å². The molecule has 160 valence electrons. The van der Waals surface area contributed by atoms with E-state index < -0.39 is 6.04 Å². The second-order valence-corrected chi connectivity index (χ2v) is 8.16. The van der Waals surface area contributed by atoms with Gasteiger partial charge in [0.15, 0.2) is 0 Å². The molecule has 0 saturated carbocycles. The molecule has 7 nitrogen and oxygen atoms in total. The summed E-state index contributed by atoms with van der Waals surface area (Å²) in [6, 6.07) is 6.13. The molecule has 0 radical (unpaired) electrons. The van der Waals surface area contributed by atoms with Crippen molar-refractivity contribution in [2.45, 2.75) is 52.6 Å². The summed E-state index contributed by atoms with van der Waals surface area (Å²) < 4.78 is 5.13. The Kier molecular flexibility index (Phi) is 8.05. The molecule has 1 aromatic rings. The molecule has 0 bridgehead atoms. The van der Waals surface area contributed by atoms with Gasteiger partial charge in [0.05, 0.1) is 7.11 Å². The van der Waals surface area contributed by atoms with Crippen LogP contribution in [0.25, 0.3) is 0 Å². The molecule has 0 aromatic heterocycles. The second-order valence-electron chi connectivity index (χ2n) is 8.16. The van der Waals surface area contributed by atoms with Crippen molar-refractivity contribution in [1.82, 2.24) is 15.5 Å². The summed E-state index contributed by atoms with van der Waals surface area (Å²) in [5.74, 6) is 0.257. The molecule has 29 heavy (non-hydrogen) atoms. The number of hydrogen-bond donors (Lipinski definition) is 2. The van der Waals surface area contributed by atoms with Gasteiger partial charge in [0.25, 0.3) is 5.91 Å². The fourth-order valence-corrected chi connectivity index (χ4v) is 3.56. The smallest absolute Gasteiger partial charge is 0.251 e. The van der Waals surface area contributed by atoms with Crippen molar-refractivity contribution < 1.29 is 19.1 Å². The van der Waals surface area contributed by atoms with Gasteiger partial charge in [-0.3, -0.25) is 14.4 Å². The van der Waals surface area contributed by atoms with Crippen LogP contribution in [0.3, 0.4) is 0 Å². The lowest BCUT2D eigenvalue weighted by Gasteiger charge is -2.36. The Morgan fingerprint density at radius 1 is 1.00 bits per heavy atom. The van der Waals surface area contributed by atoms with Crippen LogP contribution in [-0.4, -0.2) is 54.9 Å². The molecule has 1 aliphatic rings. The number of nitrogens with one attached hydrogen (secondary N) is 2. The molecule has 3 amide bonds. The quantitative estimate of drug-likeness (QED) is 0.731. The van der Waals surface area contributed by atoms with Gasteiger partial charge in [-0.15, -0.1) is 0 Å². The van der Waals surface area contributed by atoms with Crippen LogP contribution in [-0.2, 0) is 9.59 Å². The maximum Gasteiger partial charge on any atom is 0.251 e. The van der Waals surface area contributed by atoms with Crippen molar-refractivity contribution in [3.63, 3.8) is 0 Å². The summed E-state index contributed by atoms with van der Waals surface area (Å²) in [6.07, 6.45) is 1.36. The molecule has 1 aromatic carbocycles. The predicted octanol–water partition coefficient (Wildman–Crippen LogP) is 2.21. The topological polar surface area (TPSA) is 87.7 Å². The van der Waals surface area contributed by atoms with Crippen LogP contribution in [0.1, 0.15) is 50.9 Å². The van der Waals surface area contributed by atoms with E-state index in [0.29, 0.717) is 37.2 Å². The Balaban J connectivity index is 2.10. The molecular formula is C22H33N3O4. The number of likely N-dealkylation sites (tertiary alicyclic amines) is 1. The standard InChI is InChI=1S/C22H33N3O4/c1-14(2)22(28)25-12-10-16(11-13-25)19(21(27)23-15(3)4)24-20(26)17-6-8-18(29-5)9-7-17/h6-9,14-16,19H,10-13H2,1-5H3,(H,23,27)(H,24,26). The lowest BCUT2D eigenvalue weighted by Crippen LogP contribution is -2.55. The molecule has 1 fully saturated rings. The Hall–Kier alpha value is -2.57. The summed E-state index contributed by atoms with van der Waals surface area (Å²) in [5, 5.41) is 5.83. The van der Waals surface area contributed by atoms with Gasteiger partial charge in [-0.05, 0) is 56.9 Å². The number of ether oxygens (including phenoxy) is 1. The zero-order chi connectivity index (χ0) is 21.6. The number of methoxy groups -OCH3 is 1. The van der Waals surface area contributed by atoms with Gasteiger partial charge in [-0.25, -0.2) is 0 Å². The van der Waals surface area contributed by atoms with Crippen molar-refractivity contribution in [2.75, 3.05) is 20.2 Å². The van der Waals surface area contributed by atoms with E-state index in [9.17, 15) is 14.4 Å². The summed E-state index contributed by atoms with van der Waals surface area (Å²) in [4.78, 5) is 39.7. The van der Waals surface area contributed by atoms with E-state index >= 15 is 0 Å². The highest BCUT2D eigenvalue weighted by molar-refractivity contribution is 5.97. The SMILES string of the molecule is COc1ccc(C(=O)NC(C(=O)NC(C)C)C2CCN(C(=O)C(C)C)CC2)cc1. The summed E-state index contributed by atoms with van der Waals surface area (Å²) in [6.45, 7) is 8.77. The number of piperidine rings is 1. The maximum atomic E-state index is 12.8. The molecule has 0 spiro atoms. The zero-order valence-electron chi connectivity index (χ0n) is 18.0. The Bertz CT molecular complexity index is 707. The lowest BCUT2D eigenvalue weighted by atomic mass is 9.88. The van der Waals surface area contributed by atoms with E-state index in [2.05, 4.69) is 10.6 Å². The number of benzene rings is 1. The molecule has 2 rings (SSSR count). The minimum atomic E-state index is -0.636. The van der Waals surface area contributed by atoms with Gasteiger partial charge < -0.3 is 20.3 Å². The van der Waals surface area contributed by atoms with Gasteiger partial charge in [0.2, 0.25) is 11.8 Å². The van der Waals surface area contributed by atoms with Crippen LogP contribution in [0.4, 0.5) is 0 Å². The third-order valence-corrected chi connectivity index (χ3v) is 5.17. The third-order valence-electron chi connectivity index (χ3n) is 5.17.